The normalized spacial score (nSPS) is 11.7. The number of aromatic nitrogens is 2. The standard InChI is InChI=1S/C14H12FN3O3S/c1-8-6-11-12(17-14(19)16-11)7-13(8)22(20,21)18-10-4-2-9(15)3-5-10/h2-7,18H,1H3,(H2,16,17,19). The Morgan fingerprint density at radius 1 is 1.05 bits per heavy atom. The molecule has 0 amide bonds. The lowest BCUT2D eigenvalue weighted by atomic mass is 10.2. The molecule has 0 saturated heterocycles. The van der Waals surface area contributed by atoms with Crippen molar-refractivity contribution in [2.24, 2.45) is 0 Å². The molecular formula is C14H12FN3O3S. The molecule has 3 aromatic rings. The van der Waals surface area contributed by atoms with Gasteiger partial charge in [0.25, 0.3) is 10.0 Å². The number of fused-ring (bicyclic) bond motifs is 1. The molecule has 22 heavy (non-hydrogen) atoms. The number of benzene rings is 2. The molecule has 0 radical (unpaired) electrons. The highest BCUT2D eigenvalue weighted by atomic mass is 32.2. The molecule has 6 nitrogen and oxygen atoms in total. The number of nitrogens with one attached hydrogen (secondary N) is 3. The Balaban J connectivity index is 2.06. The van der Waals surface area contributed by atoms with Crippen molar-refractivity contribution in [3.8, 4) is 0 Å². The molecule has 1 aromatic heterocycles. The summed E-state index contributed by atoms with van der Waals surface area (Å²) in [6, 6.07) is 7.95. The van der Waals surface area contributed by atoms with Crippen molar-refractivity contribution in [1.29, 1.82) is 0 Å². The van der Waals surface area contributed by atoms with Crippen LogP contribution in [0.4, 0.5) is 10.1 Å². The number of halogens is 1. The molecule has 3 rings (SSSR count). The molecule has 8 heteroatoms. The fourth-order valence-corrected chi connectivity index (χ4v) is 3.50. The van der Waals surface area contributed by atoms with Crippen LogP contribution in [0.15, 0.2) is 46.1 Å². The van der Waals surface area contributed by atoms with E-state index in [1.165, 1.54) is 18.2 Å². The van der Waals surface area contributed by atoms with Crippen LogP contribution in [0.25, 0.3) is 11.0 Å². The van der Waals surface area contributed by atoms with Gasteiger partial charge < -0.3 is 9.97 Å². The van der Waals surface area contributed by atoms with Gasteiger partial charge in [0.2, 0.25) is 0 Å². The van der Waals surface area contributed by atoms with Crippen LogP contribution in [-0.2, 0) is 10.0 Å². The third-order valence-electron chi connectivity index (χ3n) is 3.20. The van der Waals surface area contributed by atoms with Crippen molar-refractivity contribution in [1.82, 2.24) is 9.97 Å². The summed E-state index contributed by atoms with van der Waals surface area (Å²) in [7, 11) is -3.85. The van der Waals surface area contributed by atoms with E-state index in [0.29, 0.717) is 16.6 Å². The lowest BCUT2D eigenvalue weighted by molar-refractivity contribution is 0.600. The quantitative estimate of drug-likeness (QED) is 0.689. The van der Waals surface area contributed by atoms with Gasteiger partial charge in [0.15, 0.2) is 0 Å². The van der Waals surface area contributed by atoms with Gasteiger partial charge in [-0.3, -0.25) is 4.72 Å². The van der Waals surface area contributed by atoms with Gasteiger partial charge in [-0.25, -0.2) is 17.6 Å². The second-order valence-electron chi connectivity index (χ2n) is 4.85. The van der Waals surface area contributed by atoms with E-state index < -0.39 is 21.5 Å². The fraction of sp³-hybridized carbons (Fsp3) is 0.0714. The lowest BCUT2D eigenvalue weighted by Gasteiger charge is -2.10. The van der Waals surface area contributed by atoms with Crippen molar-refractivity contribution in [3.63, 3.8) is 0 Å². The lowest BCUT2D eigenvalue weighted by Crippen LogP contribution is -2.14. The van der Waals surface area contributed by atoms with Crippen molar-refractivity contribution < 1.29 is 12.8 Å². The third-order valence-corrected chi connectivity index (χ3v) is 4.72. The maximum Gasteiger partial charge on any atom is 0.323 e. The maximum atomic E-state index is 12.9. The van der Waals surface area contributed by atoms with E-state index in [1.807, 2.05) is 0 Å². The molecule has 0 saturated carbocycles. The first-order chi connectivity index (χ1) is 10.3. The van der Waals surface area contributed by atoms with Crippen LogP contribution in [0.3, 0.4) is 0 Å². The van der Waals surface area contributed by atoms with E-state index >= 15 is 0 Å². The second-order valence-corrected chi connectivity index (χ2v) is 6.51. The van der Waals surface area contributed by atoms with Crippen LogP contribution < -0.4 is 10.4 Å². The molecule has 114 valence electrons. The van der Waals surface area contributed by atoms with Crippen molar-refractivity contribution in [3.05, 3.63) is 58.3 Å². The minimum absolute atomic E-state index is 0.0413. The molecule has 2 aromatic carbocycles. The van der Waals surface area contributed by atoms with Crippen LogP contribution in [0.5, 0.6) is 0 Å². The van der Waals surface area contributed by atoms with Gasteiger partial charge in [0.1, 0.15) is 5.82 Å². The molecule has 0 atom stereocenters. The summed E-state index contributed by atoms with van der Waals surface area (Å²) in [5.41, 5.74) is 1.26. The van der Waals surface area contributed by atoms with E-state index in [0.717, 1.165) is 12.1 Å². The van der Waals surface area contributed by atoms with Crippen LogP contribution in [0, 0.1) is 12.7 Å². The van der Waals surface area contributed by atoms with Crippen LogP contribution in [0.1, 0.15) is 5.56 Å². The monoisotopic (exact) mass is 321 g/mol. The number of aromatic amines is 2. The number of rotatable bonds is 3. The van der Waals surface area contributed by atoms with Gasteiger partial charge in [0, 0.05) is 5.69 Å². The largest absolute Gasteiger partial charge is 0.323 e. The van der Waals surface area contributed by atoms with Crippen molar-refractivity contribution in [2.45, 2.75) is 11.8 Å². The summed E-state index contributed by atoms with van der Waals surface area (Å²) in [4.78, 5) is 16.4. The van der Waals surface area contributed by atoms with Gasteiger partial charge in [-0.1, -0.05) is 0 Å². The first kappa shape index (κ1) is 14.3. The molecule has 0 fully saturated rings. The first-order valence-corrected chi connectivity index (χ1v) is 7.84. The van der Waals surface area contributed by atoms with Gasteiger partial charge in [0.05, 0.1) is 15.9 Å². The molecule has 0 bridgehead atoms. The number of imidazole rings is 1. The highest BCUT2D eigenvalue weighted by Crippen LogP contribution is 2.23. The molecule has 0 aliphatic heterocycles. The number of hydrogen-bond donors (Lipinski definition) is 3. The second kappa shape index (κ2) is 4.99. The number of aryl methyl sites for hydroxylation is 1. The van der Waals surface area contributed by atoms with Gasteiger partial charge in [-0.2, -0.15) is 0 Å². The van der Waals surface area contributed by atoms with Gasteiger partial charge in [-0.05, 0) is 48.9 Å². The summed E-state index contributed by atoms with van der Waals surface area (Å²) in [5.74, 6) is -0.453. The Morgan fingerprint density at radius 2 is 1.64 bits per heavy atom. The van der Waals surface area contributed by atoms with E-state index in [2.05, 4.69) is 14.7 Å². The zero-order valence-electron chi connectivity index (χ0n) is 11.5. The van der Waals surface area contributed by atoms with E-state index in [1.54, 1.807) is 13.0 Å². The molecule has 0 aliphatic rings. The smallest absolute Gasteiger partial charge is 0.306 e. The van der Waals surface area contributed by atoms with Gasteiger partial charge >= 0.3 is 5.69 Å². The molecular weight excluding hydrogens is 309 g/mol. The third kappa shape index (κ3) is 2.60. The Kier molecular flexibility index (Phi) is 3.25. The number of anilines is 1. The van der Waals surface area contributed by atoms with E-state index in [9.17, 15) is 17.6 Å². The SMILES string of the molecule is Cc1cc2[nH]c(=O)[nH]c2cc1S(=O)(=O)Nc1ccc(F)cc1. The Bertz CT molecular complexity index is 1000. The molecule has 0 unspecified atom stereocenters. The zero-order valence-corrected chi connectivity index (χ0v) is 12.3. The maximum absolute atomic E-state index is 12.9. The zero-order chi connectivity index (χ0) is 15.9. The van der Waals surface area contributed by atoms with E-state index in [4.69, 9.17) is 0 Å². The highest BCUT2D eigenvalue weighted by molar-refractivity contribution is 7.92. The predicted octanol–water partition coefficient (Wildman–Crippen LogP) is 2.10. The number of H-pyrrole nitrogens is 2. The number of hydrogen-bond acceptors (Lipinski definition) is 3. The Labute approximate surface area is 125 Å². The molecule has 3 N–H and O–H groups in total. The summed E-state index contributed by atoms with van der Waals surface area (Å²) in [6.07, 6.45) is 0. The first-order valence-electron chi connectivity index (χ1n) is 6.36. The summed E-state index contributed by atoms with van der Waals surface area (Å²) in [5, 5.41) is 0. The van der Waals surface area contributed by atoms with E-state index in [-0.39, 0.29) is 10.6 Å². The van der Waals surface area contributed by atoms with Crippen LogP contribution in [0.2, 0.25) is 0 Å². The van der Waals surface area contributed by atoms with Crippen LogP contribution in [-0.4, -0.2) is 18.4 Å². The van der Waals surface area contributed by atoms with Crippen LogP contribution >= 0.6 is 0 Å². The summed E-state index contributed by atoms with van der Waals surface area (Å²) >= 11 is 0. The molecule has 0 aliphatic carbocycles. The average Bonchev–Trinajstić information content (AvgIpc) is 2.79. The summed E-state index contributed by atoms with van der Waals surface area (Å²) < 4.78 is 40.1. The summed E-state index contributed by atoms with van der Waals surface area (Å²) in [6.45, 7) is 1.63. The predicted molar refractivity (Wildman–Crippen MR) is 80.9 cm³/mol. The highest BCUT2D eigenvalue weighted by Gasteiger charge is 2.18. The van der Waals surface area contributed by atoms with Crippen molar-refractivity contribution >= 4 is 26.7 Å². The Hall–Kier alpha value is -2.61. The minimum atomic E-state index is -3.85. The van der Waals surface area contributed by atoms with Gasteiger partial charge in [-0.15, -0.1) is 0 Å². The topological polar surface area (TPSA) is 94.8 Å². The average molecular weight is 321 g/mol. The van der Waals surface area contributed by atoms with Crippen molar-refractivity contribution in [2.75, 3.05) is 4.72 Å². The molecule has 0 spiro atoms. The Morgan fingerprint density at radius 3 is 2.27 bits per heavy atom. The number of sulfonamides is 1. The fourth-order valence-electron chi connectivity index (χ4n) is 2.19. The molecule has 1 heterocycles. The minimum Gasteiger partial charge on any atom is -0.306 e.